The van der Waals surface area contributed by atoms with Gasteiger partial charge in [0.05, 0.1) is 22.8 Å². The lowest BCUT2D eigenvalue weighted by molar-refractivity contribution is 0.601. The number of hydrogen-bond donors (Lipinski definition) is 0. The van der Waals surface area contributed by atoms with Gasteiger partial charge in [0.1, 0.15) is 0 Å². The summed E-state index contributed by atoms with van der Waals surface area (Å²) < 4.78 is 0. The van der Waals surface area contributed by atoms with Crippen LogP contribution in [-0.4, -0.2) is 9.97 Å². The first-order chi connectivity index (χ1) is 17.6. The molecule has 0 spiro atoms. The second kappa shape index (κ2) is 15.6. The van der Waals surface area contributed by atoms with Crippen LogP contribution in [0.15, 0.2) is 48.5 Å². The van der Waals surface area contributed by atoms with Crippen LogP contribution in [0, 0.1) is 13.8 Å². The van der Waals surface area contributed by atoms with Crippen molar-refractivity contribution >= 4 is 0 Å². The molecule has 0 unspecified atom stereocenters. The van der Waals surface area contributed by atoms with E-state index in [9.17, 15) is 0 Å². The minimum atomic E-state index is 0.999. The molecule has 36 heavy (non-hydrogen) atoms. The number of unbranched alkanes of at least 4 members (excludes halogenated alkanes) is 10. The molecule has 0 saturated carbocycles. The van der Waals surface area contributed by atoms with E-state index in [0.717, 1.165) is 35.6 Å². The van der Waals surface area contributed by atoms with Gasteiger partial charge in [0, 0.05) is 11.1 Å². The summed E-state index contributed by atoms with van der Waals surface area (Å²) in [7, 11) is 0. The monoisotopic (exact) mass is 484 g/mol. The molecular weight excluding hydrogens is 436 g/mol. The molecule has 0 fully saturated rings. The van der Waals surface area contributed by atoms with Crippen molar-refractivity contribution in [2.45, 2.75) is 118 Å². The maximum atomic E-state index is 5.37. The van der Waals surface area contributed by atoms with Gasteiger partial charge in [0.25, 0.3) is 0 Å². The third-order valence-electron chi connectivity index (χ3n) is 7.22. The van der Waals surface area contributed by atoms with Gasteiger partial charge in [0.15, 0.2) is 0 Å². The Balaban J connectivity index is 1.91. The van der Waals surface area contributed by atoms with Gasteiger partial charge in [0.2, 0.25) is 0 Å². The molecule has 1 aromatic heterocycles. The molecule has 0 N–H and O–H groups in total. The lowest BCUT2D eigenvalue weighted by Gasteiger charge is -2.16. The van der Waals surface area contributed by atoms with Crippen LogP contribution in [0.2, 0.25) is 0 Å². The molecule has 0 aliphatic carbocycles. The lowest BCUT2D eigenvalue weighted by atomic mass is 9.99. The fourth-order valence-corrected chi connectivity index (χ4v) is 4.88. The van der Waals surface area contributed by atoms with Gasteiger partial charge in [-0.3, -0.25) is 0 Å². The van der Waals surface area contributed by atoms with Crippen molar-refractivity contribution < 1.29 is 0 Å². The van der Waals surface area contributed by atoms with Crippen LogP contribution in [0.5, 0.6) is 0 Å². The fraction of sp³-hybridized carbons (Fsp3) is 0.529. The quantitative estimate of drug-likeness (QED) is 0.189. The second-order valence-corrected chi connectivity index (χ2v) is 10.6. The van der Waals surface area contributed by atoms with Crippen molar-refractivity contribution in [2.75, 3.05) is 0 Å². The molecule has 2 aromatic carbocycles. The highest BCUT2D eigenvalue weighted by atomic mass is 14.9. The van der Waals surface area contributed by atoms with E-state index < -0.39 is 0 Å². The zero-order valence-electron chi connectivity index (χ0n) is 23.4. The first kappa shape index (κ1) is 28.1. The van der Waals surface area contributed by atoms with Gasteiger partial charge < -0.3 is 0 Å². The van der Waals surface area contributed by atoms with E-state index in [1.54, 1.807) is 0 Å². The molecule has 0 atom stereocenters. The van der Waals surface area contributed by atoms with Crippen LogP contribution in [-0.2, 0) is 12.8 Å². The molecule has 3 aromatic rings. The molecule has 3 rings (SSSR count). The Hall–Kier alpha value is -2.48. The van der Waals surface area contributed by atoms with Crippen molar-refractivity contribution in [3.8, 4) is 22.5 Å². The highest BCUT2D eigenvalue weighted by Crippen LogP contribution is 2.30. The predicted molar refractivity (Wildman–Crippen MR) is 157 cm³/mol. The normalized spacial score (nSPS) is 11.2. The molecule has 1 heterocycles. The van der Waals surface area contributed by atoms with Crippen LogP contribution < -0.4 is 0 Å². The first-order valence-corrected chi connectivity index (χ1v) is 14.7. The van der Waals surface area contributed by atoms with Crippen LogP contribution >= 0.6 is 0 Å². The maximum absolute atomic E-state index is 5.37. The van der Waals surface area contributed by atoms with Crippen LogP contribution in [0.4, 0.5) is 0 Å². The standard InChI is InChI=1S/C34H48N2/c1-5-7-9-11-13-15-17-31-33(29-23-19-27(3)20-24-29)36-32(18-16-14-12-10-8-6-2)34(35-31)30-25-21-28(4)22-26-30/h19-26H,5-18H2,1-4H3. The largest absolute Gasteiger partial charge is 0.249 e. The number of rotatable bonds is 16. The van der Waals surface area contributed by atoms with Crippen LogP contribution in [0.3, 0.4) is 0 Å². The highest BCUT2D eigenvalue weighted by molar-refractivity contribution is 5.68. The molecule has 0 radical (unpaired) electrons. The van der Waals surface area contributed by atoms with Gasteiger partial charge in [-0.15, -0.1) is 0 Å². The van der Waals surface area contributed by atoms with Gasteiger partial charge in [-0.2, -0.15) is 0 Å². The zero-order chi connectivity index (χ0) is 25.6. The minimum Gasteiger partial charge on any atom is -0.249 e. The Bertz CT molecular complexity index is 933. The van der Waals surface area contributed by atoms with Crippen LogP contribution in [0.1, 0.15) is 113 Å². The zero-order valence-corrected chi connectivity index (χ0v) is 23.4. The number of nitrogens with zero attached hydrogens (tertiary/aromatic N) is 2. The van der Waals surface area contributed by atoms with Crippen molar-refractivity contribution in [1.29, 1.82) is 0 Å². The molecule has 0 bridgehead atoms. The number of aryl methyl sites for hydroxylation is 4. The summed E-state index contributed by atoms with van der Waals surface area (Å²) in [6.45, 7) is 8.86. The summed E-state index contributed by atoms with van der Waals surface area (Å²) >= 11 is 0. The van der Waals surface area contributed by atoms with E-state index in [0.29, 0.717) is 0 Å². The predicted octanol–water partition coefficient (Wildman–Crippen LogP) is 10.2. The summed E-state index contributed by atoms with van der Waals surface area (Å²) in [6.07, 6.45) is 17.5. The summed E-state index contributed by atoms with van der Waals surface area (Å²) in [5.41, 5.74) is 9.50. The van der Waals surface area contributed by atoms with E-state index in [2.05, 4.69) is 76.2 Å². The fourth-order valence-electron chi connectivity index (χ4n) is 4.88. The van der Waals surface area contributed by atoms with Gasteiger partial charge in [-0.05, 0) is 39.5 Å². The number of aromatic nitrogens is 2. The third-order valence-corrected chi connectivity index (χ3v) is 7.22. The molecular formula is C34H48N2. The number of benzene rings is 2. The Kier molecular flexibility index (Phi) is 12.2. The summed E-state index contributed by atoms with van der Waals surface area (Å²) in [5, 5.41) is 0. The number of hydrogen-bond acceptors (Lipinski definition) is 2. The van der Waals surface area contributed by atoms with Crippen LogP contribution in [0.25, 0.3) is 22.5 Å². The van der Waals surface area contributed by atoms with Gasteiger partial charge >= 0.3 is 0 Å². The summed E-state index contributed by atoms with van der Waals surface area (Å²) in [5.74, 6) is 0. The maximum Gasteiger partial charge on any atom is 0.0921 e. The molecule has 2 heteroatoms. The third kappa shape index (κ3) is 8.87. The highest BCUT2D eigenvalue weighted by Gasteiger charge is 2.17. The minimum absolute atomic E-state index is 0.999. The van der Waals surface area contributed by atoms with Crippen molar-refractivity contribution in [2.24, 2.45) is 0 Å². The lowest BCUT2D eigenvalue weighted by Crippen LogP contribution is -2.06. The Morgan fingerprint density at radius 2 is 0.778 bits per heavy atom. The molecule has 0 saturated heterocycles. The van der Waals surface area contributed by atoms with Gasteiger partial charge in [-0.25, -0.2) is 9.97 Å². The molecule has 194 valence electrons. The first-order valence-electron chi connectivity index (χ1n) is 14.7. The van der Waals surface area contributed by atoms with Gasteiger partial charge in [-0.1, -0.05) is 138 Å². The Morgan fingerprint density at radius 3 is 1.14 bits per heavy atom. The van der Waals surface area contributed by atoms with E-state index in [-0.39, 0.29) is 0 Å². The average Bonchev–Trinajstić information content (AvgIpc) is 2.89. The topological polar surface area (TPSA) is 25.8 Å². The smallest absolute Gasteiger partial charge is 0.0921 e. The molecule has 0 amide bonds. The molecule has 0 aliphatic rings. The SMILES string of the molecule is CCCCCCCCc1nc(-c2ccc(C)cc2)c(CCCCCCCC)nc1-c1ccc(C)cc1. The summed E-state index contributed by atoms with van der Waals surface area (Å²) in [6, 6.07) is 17.7. The van der Waals surface area contributed by atoms with Crippen molar-refractivity contribution in [3.63, 3.8) is 0 Å². The van der Waals surface area contributed by atoms with E-state index in [1.807, 2.05) is 0 Å². The van der Waals surface area contributed by atoms with E-state index >= 15 is 0 Å². The van der Waals surface area contributed by atoms with Crippen molar-refractivity contribution in [3.05, 3.63) is 71.0 Å². The van der Waals surface area contributed by atoms with E-state index in [4.69, 9.17) is 9.97 Å². The average molecular weight is 485 g/mol. The van der Waals surface area contributed by atoms with E-state index in [1.165, 1.54) is 99.3 Å². The Morgan fingerprint density at radius 1 is 0.444 bits per heavy atom. The second-order valence-electron chi connectivity index (χ2n) is 10.6. The molecule has 2 nitrogen and oxygen atoms in total. The van der Waals surface area contributed by atoms with Crippen molar-refractivity contribution in [1.82, 2.24) is 9.97 Å². The summed E-state index contributed by atoms with van der Waals surface area (Å²) in [4.78, 5) is 10.7. The Labute approximate surface area is 221 Å². The molecule has 0 aliphatic heterocycles.